The highest BCUT2D eigenvalue weighted by Gasteiger charge is 2.29. The molecule has 0 aliphatic carbocycles. The van der Waals surface area contributed by atoms with Crippen molar-refractivity contribution in [1.29, 1.82) is 5.26 Å². The molecular weight excluding hydrogens is 407 g/mol. The van der Waals surface area contributed by atoms with Gasteiger partial charge in [0.25, 0.3) is 0 Å². The molecular formula is C19H18ClFN2O4S. The van der Waals surface area contributed by atoms with Gasteiger partial charge in [0, 0.05) is 10.6 Å². The first-order valence-electron chi connectivity index (χ1n) is 8.27. The molecule has 0 bridgehead atoms. The Morgan fingerprint density at radius 1 is 1.25 bits per heavy atom. The Balaban J connectivity index is 2.14. The van der Waals surface area contributed by atoms with Crippen molar-refractivity contribution in [2.24, 2.45) is 5.92 Å². The normalized spacial score (nSPS) is 12.4. The highest BCUT2D eigenvalue weighted by molar-refractivity contribution is 7.89. The molecule has 0 aliphatic rings. The van der Waals surface area contributed by atoms with Crippen LogP contribution < -0.4 is 4.72 Å². The summed E-state index contributed by atoms with van der Waals surface area (Å²) >= 11 is 5.76. The molecule has 9 heteroatoms. The average Bonchev–Trinajstić information content (AvgIpc) is 2.65. The predicted octanol–water partition coefficient (Wildman–Crippen LogP) is 3.40. The Labute approximate surface area is 167 Å². The summed E-state index contributed by atoms with van der Waals surface area (Å²) in [4.78, 5) is 12.4. The molecule has 0 heterocycles. The zero-order valence-electron chi connectivity index (χ0n) is 15.1. The molecule has 1 atom stereocenters. The number of esters is 1. The van der Waals surface area contributed by atoms with Gasteiger partial charge in [-0.3, -0.25) is 4.79 Å². The second-order valence-electron chi connectivity index (χ2n) is 6.32. The third-order valence-electron chi connectivity index (χ3n) is 3.87. The van der Waals surface area contributed by atoms with Gasteiger partial charge in [0.05, 0.1) is 16.5 Å². The van der Waals surface area contributed by atoms with E-state index in [-0.39, 0.29) is 16.0 Å². The Kier molecular flexibility index (Phi) is 7.13. The fraction of sp³-hybridized carbons (Fsp3) is 0.263. The number of halogens is 2. The van der Waals surface area contributed by atoms with Gasteiger partial charge in [-0.1, -0.05) is 25.4 Å². The van der Waals surface area contributed by atoms with Gasteiger partial charge in [0.2, 0.25) is 10.0 Å². The maximum absolute atomic E-state index is 13.8. The van der Waals surface area contributed by atoms with Gasteiger partial charge in [-0.05, 0) is 48.4 Å². The van der Waals surface area contributed by atoms with E-state index in [4.69, 9.17) is 21.6 Å². The van der Waals surface area contributed by atoms with E-state index in [2.05, 4.69) is 4.72 Å². The molecule has 6 nitrogen and oxygen atoms in total. The number of hydrogen-bond acceptors (Lipinski definition) is 5. The Hall–Kier alpha value is -2.47. The van der Waals surface area contributed by atoms with Crippen molar-refractivity contribution in [2.45, 2.75) is 31.4 Å². The molecule has 148 valence electrons. The molecule has 0 saturated carbocycles. The molecule has 0 radical (unpaired) electrons. The summed E-state index contributed by atoms with van der Waals surface area (Å²) in [5, 5.41) is 9.25. The van der Waals surface area contributed by atoms with Crippen LogP contribution in [0, 0.1) is 23.1 Å². The summed E-state index contributed by atoms with van der Waals surface area (Å²) in [7, 11) is -3.99. The van der Waals surface area contributed by atoms with E-state index in [1.807, 2.05) is 6.07 Å². The first-order chi connectivity index (χ1) is 13.1. The number of hydrogen-bond donors (Lipinski definition) is 1. The van der Waals surface area contributed by atoms with Crippen LogP contribution in [0.4, 0.5) is 4.39 Å². The van der Waals surface area contributed by atoms with Crippen molar-refractivity contribution in [3.05, 3.63) is 64.4 Å². The number of carbonyl (C=O) groups is 1. The summed E-state index contributed by atoms with van der Waals surface area (Å²) in [5.41, 5.74) is 0.242. The molecule has 1 N–H and O–H groups in total. The van der Waals surface area contributed by atoms with Crippen LogP contribution >= 0.6 is 11.6 Å². The largest absolute Gasteiger partial charge is 0.460 e. The van der Waals surface area contributed by atoms with Crippen LogP contribution in [-0.4, -0.2) is 20.4 Å². The minimum Gasteiger partial charge on any atom is -0.460 e. The summed E-state index contributed by atoms with van der Waals surface area (Å²) < 4.78 is 46.3. The zero-order chi connectivity index (χ0) is 20.9. The Bertz CT molecular complexity index is 1000. The lowest BCUT2D eigenvalue weighted by Crippen LogP contribution is -2.45. The van der Waals surface area contributed by atoms with Crippen molar-refractivity contribution in [3.63, 3.8) is 0 Å². The molecule has 0 unspecified atom stereocenters. The fourth-order valence-electron chi connectivity index (χ4n) is 2.30. The van der Waals surface area contributed by atoms with Gasteiger partial charge in [-0.25, -0.2) is 12.8 Å². The average molecular weight is 425 g/mol. The van der Waals surface area contributed by atoms with Crippen LogP contribution in [-0.2, 0) is 26.2 Å². The lowest BCUT2D eigenvalue weighted by atomic mass is 10.1. The summed E-state index contributed by atoms with van der Waals surface area (Å²) in [6, 6.07) is 9.84. The van der Waals surface area contributed by atoms with Crippen molar-refractivity contribution < 1.29 is 22.3 Å². The number of carbonyl (C=O) groups excluding carboxylic acids is 1. The highest BCUT2D eigenvalue weighted by Crippen LogP contribution is 2.17. The minimum atomic E-state index is -3.99. The number of nitrogens with zero attached hydrogens (tertiary/aromatic N) is 1. The molecule has 2 aromatic rings. The van der Waals surface area contributed by atoms with Crippen molar-refractivity contribution in [2.75, 3.05) is 0 Å². The van der Waals surface area contributed by atoms with E-state index < -0.39 is 40.4 Å². The molecule has 2 aromatic carbocycles. The number of nitrogens with one attached hydrogen (secondary N) is 1. The SMILES string of the molecule is CC(C)[C@H](NS(=O)(=O)c1ccc(Cl)cc1)C(=O)OCc1cc(C#N)ccc1F. The lowest BCUT2D eigenvalue weighted by Gasteiger charge is -2.21. The van der Waals surface area contributed by atoms with Gasteiger partial charge >= 0.3 is 5.97 Å². The van der Waals surface area contributed by atoms with Crippen LogP contribution in [0.5, 0.6) is 0 Å². The van der Waals surface area contributed by atoms with Gasteiger partial charge < -0.3 is 4.74 Å². The van der Waals surface area contributed by atoms with Crippen molar-refractivity contribution >= 4 is 27.6 Å². The first-order valence-corrected chi connectivity index (χ1v) is 10.1. The van der Waals surface area contributed by atoms with Crippen LogP contribution in [0.25, 0.3) is 0 Å². The van der Waals surface area contributed by atoms with Crippen molar-refractivity contribution in [3.8, 4) is 6.07 Å². The highest BCUT2D eigenvalue weighted by atomic mass is 35.5. The Morgan fingerprint density at radius 2 is 1.89 bits per heavy atom. The number of benzene rings is 2. The quantitative estimate of drug-likeness (QED) is 0.687. The minimum absolute atomic E-state index is 0.0236. The molecule has 0 amide bonds. The van der Waals surface area contributed by atoms with Crippen LogP contribution in [0.15, 0.2) is 47.4 Å². The maximum atomic E-state index is 13.8. The molecule has 2 rings (SSSR count). The van der Waals surface area contributed by atoms with E-state index >= 15 is 0 Å². The molecule has 0 fully saturated rings. The third kappa shape index (κ3) is 5.52. The van der Waals surface area contributed by atoms with Crippen LogP contribution in [0.2, 0.25) is 5.02 Å². The third-order valence-corrected chi connectivity index (χ3v) is 5.58. The molecule has 28 heavy (non-hydrogen) atoms. The van der Waals surface area contributed by atoms with Crippen molar-refractivity contribution in [1.82, 2.24) is 4.72 Å². The van der Waals surface area contributed by atoms with Crippen LogP contribution in [0.1, 0.15) is 25.0 Å². The smallest absolute Gasteiger partial charge is 0.324 e. The molecule has 0 aliphatic heterocycles. The summed E-state index contributed by atoms with van der Waals surface area (Å²) in [6.45, 7) is 2.87. The maximum Gasteiger partial charge on any atom is 0.324 e. The zero-order valence-corrected chi connectivity index (χ0v) is 16.7. The topological polar surface area (TPSA) is 96.3 Å². The first kappa shape index (κ1) is 21.8. The van der Waals surface area contributed by atoms with Gasteiger partial charge in [0.1, 0.15) is 18.5 Å². The number of sulfonamides is 1. The predicted molar refractivity (Wildman–Crippen MR) is 101 cm³/mol. The second-order valence-corrected chi connectivity index (χ2v) is 8.47. The summed E-state index contributed by atoms with van der Waals surface area (Å²) in [6.07, 6.45) is 0. The number of nitriles is 1. The standard InChI is InChI=1S/C19H18ClFN2O4S/c1-12(2)18(23-28(25,26)16-6-4-15(20)5-7-16)19(24)27-11-14-9-13(10-22)3-8-17(14)21/h3-9,12,18,23H,11H2,1-2H3/t18-/m0/s1. The van der Waals surface area contributed by atoms with Crippen LogP contribution in [0.3, 0.4) is 0 Å². The van der Waals surface area contributed by atoms with E-state index in [1.54, 1.807) is 13.8 Å². The number of rotatable bonds is 7. The monoisotopic (exact) mass is 424 g/mol. The summed E-state index contributed by atoms with van der Waals surface area (Å²) in [5.74, 6) is -1.91. The van der Waals surface area contributed by atoms with E-state index in [1.165, 1.54) is 36.4 Å². The molecule has 0 saturated heterocycles. The number of ether oxygens (including phenoxy) is 1. The van der Waals surface area contributed by atoms with E-state index in [0.717, 1.165) is 6.07 Å². The molecule has 0 spiro atoms. The van der Waals surface area contributed by atoms with E-state index in [0.29, 0.717) is 5.02 Å². The van der Waals surface area contributed by atoms with E-state index in [9.17, 15) is 17.6 Å². The second kappa shape index (κ2) is 9.15. The Morgan fingerprint density at radius 3 is 2.46 bits per heavy atom. The fourth-order valence-corrected chi connectivity index (χ4v) is 3.76. The van der Waals surface area contributed by atoms with Gasteiger partial charge in [0.15, 0.2) is 0 Å². The molecule has 0 aromatic heterocycles. The lowest BCUT2D eigenvalue weighted by molar-refractivity contribution is -0.148. The van der Waals surface area contributed by atoms with Gasteiger partial charge in [-0.15, -0.1) is 0 Å². The van der Waals surface area contributed by atoms with Gasteiger partial charge in [-0.2, -0.15) is 9.98 Å².